The zero-order valence-electron chi connectivity index (χ0n) is 10.7. The van der Waals surface area contributed by atoms with E-state index in [9.17, 15) is 0 Å². The highest BCUT2D eigenvalue weighted by Crippen LogP contribution is 2.12. The van der Waals surface area contributed by atoms with E-state index in [2.05, 4.69) is 29.4 Å². The highest BCUT2D eigenvalue weighted by molar-refractivity contribution is 5.23. The first-order chi connectivity index (χ1) is 8.81. The zero-order chi connectivity index (χ0) is 12.8. The van der Waals surface area contributed by atoms with Crippen molar-refractivity contribution in [3.63, 3.8) is 0 Å². The SMILES string of the molecule is CCn1cc(OCc2ccc(CCN)cc2)cn1. The van der Waals surface area contributed by atoms with Gasteiger partial charge in [0.2, 0.25) is 0 Å². The van der Waals surface area contributed by atoms with Gasteiger partial charge in [-0.25, -0.2) is 0 Å². The lowest BCUT2D eigenvalue weighted by molar-refractivity contribution is 0.306. The second-order valence-electron chi connectivity index (χ2n) is 4.18. The van der Waals surface area contributed by atoms with Crippen molar-refractivity contribution in [3.05, 3.63) is 47.8 Å². The molecule has 0 saturated carbocycles. The van der Waals surface area contributed by atoms with Gasteiger partial charge in [-0.2, -0.15) is 5.10 Å². The summed E-state index contributed by atoms with van der Waals surface area (Å²) in [6, 6.07) is 8.35. The van der Waals surface area contributed by atoms with Crippen LogP contribution in [0.15, 0.2) is 36.7 Å². The molecule has 0 fully saturated rings. The monoisotopic (exact) mass is 245 g/mol. The molecule has 0 spiro atoms. The fraction of sp³-hybridized carbons (Fsp3) is 0.357. The Balaban J connectivity index is 1.89. The summed E-state index contributed by atoms with van der Waals surface area (Å²) in [6.07, 6.45) is 4.57. The van der Waals surface area contributed by atoms with Crippen molar-refractivity contribution < 1.29 is 4.74 Å². The van der Waals surface area contributed by atoms with Crippen molar-refractivity contribution in [1.82, 2.24) is 9.78 Å². The van der Waals surface area contributed by atoms with Gasteiger partial charge in [0, 0.05) is 6.54 Å². The molecule has 2 aromatic rings. The van der Waals surface area contributed by atoms with Crippen LogP contribution in [0, 0.1) is 0 Å². The fourth-order valence-electron chi connectivity index (χ4n) is 1.73. The summed E-state index contributed by atoms with van der Waals surface area (Å²) in [4.78, 5) is 0. The number of aryl methyl sites for hydroxylation is 1. The highest BCUT2D eigenvalue weighted by atomic mass is 16.5. The number of rotatable bonds is 6. The van der Waals surface area contributed by atoms with E-state index >= 15 is 0 Å². The van der Waals surface area contributed by atoms with Crippen molar-refractivity contribution in [1.29, 1.82) is 0 Å². The third-order valence-electron chi connectivity index (χ3n) is 2.80. The predicted molar refractivity (Wildman–Crippen MR) is 71.4 cm³/mol. The van der Waals surface area contributed by atoms with E-state index in [0.29, 0.717) is 13.2 Å². The number of ether oxygens (including phenoxy) is 1. The molecule has 18 heavy (non-hydrogen) atoms. The van der Waals surface area contributed by atoms with Crippen molar-refractivity contribution >= 4 is 0 Å². The Labute approximate surface area is 107 Å². The first-order valence-corrected chi connectivity index (χ1v) is 6.25. The lowest BCUT2D eigenvalue weighted by Gasteiger charge is -2.04. The Morgan fingerprint density at radius 3 is 2.56 bits per heavy atom. The summed E-state index contributed by atoms with van der Waals surface area (Å²) in [6.45, 7) is 4.16. The molecule has 0 bridgehead atoms. The van der Waals surface area contributed by atoms with Crippen LogP contribution in [0.4, 0.5) is 0 Å². The molecule has 0 aliphatic rings. The van der Waals surface area contributed by atoms with E-state index in [-0.39, 0.29) is 0 Å². The van der Waals surface area contributed by atoms with Gasteiger partial charge in [-0.15, -0.1) is 0 Å². The maximum Gasteiger partial charge on any atom is 0.157 e. The fourth-order valence-corrected chi connectivity index (χ4v) is 1.73. The molecular formula is C14H19N3O. The maximum absolute atomic E-state index is 5.67. The number of benzene rings is 1. The molecule has 0 unspecified atom stereocenters. The van der Waals surface area contributed by atoms with Gasteiger partial charge >= 0.3 is 0 Å². The number of aromatic nitrogens is 2. The minimum atomic E-state index is 0.568. The van der Waals surface area contributed by atoms with Gasteiger partial charge in [0.15, 0.2) is 5.75 Å². The van der Waals surface area contributed by atoms with Gasteiger partial charge in [-0.1, -0.05) is 24.3 Å². The predicted octanol–water partition coefficient (Wildman–Crippen LogP) is 1.98. The molecule has 4 nitrogen and oxygen atoms in total. The minimum Gasteiger partial charge on any atom is -0.486 e. The van der Waals surface area contributed by atoms with E-state index in [1.54, 1.807) is 6.20 Å². The maximum atomic E-state index is 5.67. The quantitative estimate of drug-likeness (QED) is 0.846. The molecule has 1 aromatic heterocycles. The molecule has 0 radical (unpaired) electrons. The second kappa shape index (κ2) is 6.21. The standard InChI is InChI=1S/C14H19N3O/c1-2-17-10-14(9-16-17)18-11-13-5-3-12(4-6-13)7-8-15/h3-6,9-10H,2,7-8,11,15H2,1H3. The molecular weight excluding hydrogens is 226 g/mol. The Hall–Kier alpha value is -1.81. The average molecular weight is 245 g/mol. The van der Waals surface area contributed by atoms with Crippen LogP contribution >= 0.6 is 0 Å². The summed E-state index contributed by atoms with van der Waals surface area (Å²) in [5.74, 6) is 0.808. The second-order valence-corrected chi connectivity index (χ2v) is 4.18. The average Bonchev–Trinajstić information content (AvgIpc) is 2.86. The van der Waals surface area contributed by atoms with Crippen LogP contribution in [-0.2, 0) is 19.6 Å². The Morgan fingerprint density at radius 1 is 1.22 bits per heavy atom. The summed E-state index contributed by atoms with van der Waals surface area (Å²) in [7, 11) is 0. The lowest BCUT2D eigenvalue weighted by atomic mass is 10.1. The number of nitrogens with two attached hydrogens (primary N) is 1. The van der Waals surface area contributed by atoms with Crippen molar-refractivity contribution in [3.8, 4) is 5.75 Å². The van der Waals surface area contributed by atoms with Crippen LogP contribution in [0.2, 0.25) is 0 Å². The summed E-state index contributed by atoms with van der Waals surface area (Å²) in [5.41, 5.74) is 7.93. The Bertz CT molecular complexity index is 476. The molecule has 0 aliphatic heterocycles. The molecule has 96 valence electrons. The van der Waals surface area contributed by atoms with Crippen LogP contribution in [0.1, 0.15) is 18.1 Å². The van der Waals surface area contributed by atoms with Crippen LogP contribution in [0.3, 0.4) is 0 Å². The first-order valence-electron chi connectivity index (χ1n) is 6.25. The van der Waals surface area contributed by atoms with E-state index < -0.39 is 0 Å². The van der Waals surface area contributed by atoms with E-state index in [1.807, 2.05) is 17.8 Å². The van der Waals surface area contributed by atoms with Crippen molar-refractivity contribution in [2.75, 3.05) is 6.54 Å². The number of hydrogen-bond donors (Lipinski definition) is 1. The van der Waals surface area contributed by atoms with Gasteiger partial charge in [-0.05, 0) is 31.0 Å². The largest absolute Gasteiger partial charge is 0.486 e. The number of hydrogen-bond acceptors (Lipinski definition) is 3. The Kier molecular flexibility index (Phi) is 4.36. The molecule has 1 aromatic carbocycles. The molecule has 0 saturated heterocycles. The smallest absolute Gasteiger partial charge is 0.157 e. The third-order valence-corrected chi connectivity index (χ3v) is 2.80. The van der Waals surface area contributed by atoms with Crippen LogP contribution in [-0.4, -0.2) is 16.3 Å². The highest BCUT2D eigenvalue weighted by Gasteiger charge is 1.99. The Morgan fingerprint density at radius 2 is 1.94 bits per heavy atom. The minimum absolute atomic E-state index is 0.568. The van der Waals surface area contributed by atoms with E-state index in [4.69, 9.17) is 10.5 Å². The van der Waals surface area contributed by atoms with Gasteiger partial charge < -0.3 is 10.5 Å². The first kappa shape index (κ1) is 12.6. The van der Waals surface area contributed by atoms with Crippen molar-refractivity contribution in [2.45, 2.75) is 26.5 Å². The van der Waals surface area contributed by atoms with Gasteiger partial charge in [0.1, 0.15) is 6.61 Å². The normalized spacial score (nSPS) is 10.6. The van der Waals surface area contributed by atoms with Crippen molar-refractivity contribution in [2.24, 2.45) is 5.73 Å². The molecule has 4 heteroatoms. The van der Waals surface area contributed by atoms with Gasteiger partial charge in [0.25, 0.3) is 0 Å². The van der Waals surface area contributed by atoms with Crippen LogP contribution in [0.5, 0.6) is 5.75 Å². The zero-order valence-corrected chi connectivity index (χ0v) is 10.7. The van der Waals surface area contributed by atoms with Crippen LogP contribution < -0.4 is 10.5 Å². The van der Waals surface area contributed by atoms with Gasteiger partial charge in [0.05, 0.1) is 12.4 Å². The lowest BCUT2D eigenvalue weighted by Crippen LogP contribution is -2.02. The molecule has 0 aliphatic carbocycles. The molecule has 1 heterocycles. The topological polar surface area (TPSA) is 53.1 Å². The molecule has 0 atom stereocenters. The summed E-state index contributed by atoms with van der Waals surface area (Å²) in [5, 5.41) is 4.16. The van der Waals surface area contributed by atoms with Gasteiger partial charge in [-0.3, -0.25) is 4.68 Å². The summed E-state index contributed by atoms with van der Waals surface area (Å²) >= 11 is 0. The number of nitrogens with zero attached hydrogens (tertiary/aromatic N) is 2. The van der Waals surface area contributed by atoms with E-state index in [1.165, 1.54) is 5.56 Å². The molecule has 0 amide bonds. The van der Waals surface area contributed by atoms with E-state index in [0.717, 1.165) is 24.3 Å². The van der Waals surface area contributed by atoms with Crippen LogP contribution in [0.25, 0.3) is 0 Å². The third kappa shape index (κ3) is 3.34. The summed E-state index contributed by atoms with van der Waals surface area (Å²) < 4.78 is 7.51. The molecule has 2 N–H and O–H groups in total. The molecule has 2 rings (SSSR count).